The van der Waals surface area contributed by atoms with Crippen molar-refractivity contribution in [2.75, 3.05) is 5.33 Å². The van der Waals surface area contributed by atoms with E-state index in [-0.39, 0.29) is 23.1 Å². The summed E-state index contributed by atoms with van der Waals surface area (Å²) in [6.45, 7) is 4.94. The maximum atomic E-state index is 13.8. The fraction of sp³-hybridized carbons (Fsp3) is 0.500. The van der Waals surface area contributed by atoms with Crippen LogP contribution in [-0.2, 0) is 9.53 Å². The van der Waals surface area contributed by atoms with Crippen LogP contribution in [-0.4, -0.2) is 34.0 Å². The number of carbonyl (C=O) groups is 2. The summed E-state index contributed by atoms with van der Waals surface area (Å²) >= 11 is 2.98. The molecule has 0 heterocycles. The summed E-state index contributed by atoms with van der Waals surface area (Å²) in [5.74, 6) is -1.91. The fourth-order valence-corrected chi connectivity index (χ4v) is 2.19. The number of aliphatic hydroxyl groups is 1. The Hall–Kier alpha value is -1.54. The smallest absolute Gasteiger partial charge is 0.407 e. The van der Waals surface area contributed by atoms with E-state index in [1.165, 1.54) is 0 Å². The normalized spacial score (nSPS) is 14.0. The number of amides is 1. The average molecular weight is 408 g/mol. The summed E-state index contributed by atoms with van der Waals surface area (Å²) in [5, 5.41) is 12.7. The lowest BCUT2D eigenvalue weighted by Crippen LogP contribution is -2.43. The van der Waals surface area contributed by atoms with Gasteiger partial charge < -0.3 is 15.2 Å². The number of nitrogens with one attached hydrogen (secondary N) is 1. The Kier molecular flexibility index (Phi) is 7.28. The van der Waals surface area contributed by atoms with Crippen LogP contribution in [0.4, 0.5) is 13.6 Å². The van der Waals surface area contributed by atoms with Crippen LogP contribution in [0.15, 0.2) is 18.2 Å². The Morgan fingerprint density at radius 2 is 1.96 bits per heavy atom. The van der Waals surface area contributed by atoms with Crippen molar-refractivity contribution in [1.29, 1.82) is 0 Å². The molecule has 0 unspecified atom stereocenters. The average Bonchev–Trinajstić information content (AvgIpc) is 2.46. The molecule has 1 aromatic carbocycles. The molecule has 0 aliphatic carbocycles. The molecular weight excluding hydrogens is 388 g/mol. The third-order valence-corrected chi connectivity index (χ3v) is 3.58. The van der Waals surface area contributed by atoms with Crippen molar-refractivity contribution in [3.05, 3.63) is 35.4 Å². The Labute approximate surface area is 147 Å². The minimum absolute atomic E-state index is 0.00213. The summed E-state index contributed by atoms with van der Waals surface area (Å²) in [5.41, 5.74) is -1.14. The molecule has 0 fully saturated rings. The summed E-state index contributed by atoms with van der Waals surface area (Å²) in [4.78, 5) is 23.5. The highest BCUT2D eigenvalue weighted by Gasteiger charge is 2.29. The highest BCUT2D eigenvalue weighted by atomic mass is 79.9. The standard InChI is InChI=1S/C16H20BrF2NO4/c1-16(2,3)24-15(23)20-13(7-10(21)8-17)14(22)11-6-9(18)4-5-12(11)19/h4-6,13-14,22H,7-8H2,1-3H3,(H,20,23)/t13-,14+/m0/s1. The number of aliphatic hydroxyl groups excluding tert-OH is 1. The Balaban J connectivity index is 3.01. The van der Waals surface area contributed by atoms with E-state index in [9.17, 15) is 23.5 Å². The molecule has 0 aromatic heterocycles. The molecule has 0 radical (unpaired) electrons. The van der Waals surface area contributed by atoms with Crippen LogP contribution in [0.5, 0.6) is 0 Å². The van der Waals surface area contributed by atoms with Crippen LogP contribution < -0.4 is 5.32 Å². The number of Topliss-reactive ketones (excluding diaryl/α,β-unsaturated/α-hetero) is 1. The van der Waals surface area contributed by atoms with Crippen LogP contribution in [0.1, 0.15) is 38.9 Å². The lowest BCUT2D eigenvalue weighted by atomic mass is 9.97. The lowest BCUT2D eigenvalue weighted by Gasteiger charge is -2.26. The van der Waals surface area contributed by atoms with Crippen molar-refractivity contribution in [2.24, 2.45) is 0 Å². The Bertz CT molecular complexity index is 604. The van der Waals surface area contributed by atoms with Gasteiger partial charge >= 0.3 is 6.09 Å². The van der Waals surface area contributed by atoms with E-state index in [0.717, 1.165) is 18.2 Å². The number of hydrogen-bond acceptors (Lipinski definition) is 4. The number of hydrogen-bond donors (Lipinski definition) is 2. The maximum Gasteiger partial charge on any atom is 0.407 e. The van der Waals surface area contributed by atoms with Gasteiger partial charge in [0, 0.05) is 12.0 Å². The SMILES string of the molecule is CC(C)(C)OC(=O)N[C@@H](CC(=O)CBr)[C@H](O)c1cc(F)ccc1F. The largest absolute Gasteiger partial charge is 0.444 e. The monoisotopic (exact) mass is 407 g/mol. The highest BCUT2D eigenvalue weighted by Crippen LogP contribution is 2.24. The number of benzene rings is 1. The third kappa shape index (κ3) is 6.52. The van der Waals surface area contributed by atoms with E-state index >= 15 is 0 Å². The van der Waals surface area contributed by atoms with Crippen LogP contribution in [0.3, 0.4) is 0 Å². The second kappa shape index (κ2) is 8.53. The van der Waals surface area contributed by atoms with Gasteiger partial charge in [-0.3, -0.25) is 4.79 Å². The van der Waals surface area contributed by atoms with E-state index in [1.54, 1.807) is 20.8 Å². The van der Waals surface area contributed by atoms with Crippen molar-refractivity contribution in [3.8, 4) is 0 Å². The first-order chi connectivity index (χ1) is 11.0. The van der Waals surface area contributed by atoms with E-state index in [4.69, 9.17) is 4.74 Å². The zero-order valence-electron chi connectivity index (χ0n) is 13.6. The van der Waals surface area contributed by atoms with Crippen molar-refractivity contribution < 1.29 is 28.2 Å². The van der Waals surface area contributed by atoms with Crippen molar-refractivity contribution in [2.45, 2.75) is 44.9 Å². The second-order valence-corrected chi connectivity index (χ2v) is 6.80. The van der Waals surface area contributed by atoms with Gasteiger partial charge in [0.2, 0.25) is 0 Å². The third-order valence-electron chi connectivity index (χ3n) is 2.96. The zero-order valence-corrected chi connectivity index (χ0v) is 15.2. The summed E-state index contributed by atoms with van der Waals surface area (Å²) < 4.78 is 32.2. The molecule has 2 N–H and O–H groups in total. The fourth-order valence-electron chi connectivity index (χ4n) is 1.96. The summed E-state index contributed by atoms with van der Waals surface area (Å²) in [6.07, 6.45) is -2.76. The molecule has 0 aliphatic heterocycles. The minimum Gasteiger partial charge on any atom is -0.444 e. The van der Waals surface area contributed by atoms with Gasteiger partial charge in [-0.2, -0.15) is 0 Å². The van der Waals surface area contributed by atoms with Crippen LogP contribution in [0.2, 0.25) is 0 Å². The van der Waals surface area contributed by atoms with Gasteiger partial charge in [-0.25, -0.2) is 13.6 Å². The topological polar surface area (TPSA) is 75.6 Å². The van der Waals surface area contributed by atoms with Crippen LogP contribution >= 0.6 is 15.9 Å². The molecular formula is C16H20BrF2NO4. The number of ketones is 1. The zero-order chi connectivity index (χ0) is 18.5. The van der Waals surface area contributed by atoms with Crippen LogP contribution in [0.25, 0.3) is 0 Å². The molecule has 1 amide bonds. The molecule has 5 nitrogen and oxygen atoms in total. The molecule has 1 rings (SSSR count). The molecule has 24 heavy (non-hydrogen) atoms. The van der Waals surface area contributed by atoms with E-state index in [1.807, 2.05) is 0 Å². The van der Waals surface area contributed by atoms with Crippen molar-refractivity contribution in [1.82, 2.24) is 5.32 Å². The van der Waals surface area contributed by atoms with Crippen molar-refractivity contribution >= 4 is 27.8 Å². The predicted molar refractivity (Wildman–Crippen MR) is 87.9 cm³/mol. The quantitative estimate of drug-likeness (QED) is 0.709. The first-order valence-electron chi connectivity index (χ1n) is 7.23. The molecule has 0 spiro atoms. The number of carbonyl (C=O) groups excluding carboxylic acids is 2. The van der Waals surface area contributed by atoms with Gasteiger partial charge in [0.1, 0.15) is 29.1 Å². The Morgan fingerprint density at radius 1 is 1.33 bits per heavy atom. The van der Waals surface area contributed by atoms with Gasteiger partial charge in [0.15, 0.2) is 0 Å². The summed E-state index contributed by atoms with van der Waals surface area (Å²) in [6, 6.07) is 1.43. The highest BCUT2D eigenvalue weighted by molar-refractivity contribution is 9.09. The first-order valence-corrected chi connectivity index (χ1v) is 8.36. The maximum absolute atomic E-state index is 13.8. The van der Waals surface area contributed by atoms with Gasteiger partial charge in [-0.1, -0.05) is 15.9 Å². The first kappa shape index (κ1) is 20.5. The Morgan fingerprint density at radius 3 is 2.50 bits per heavy atom. The van der Waals surface area contributed by atoms with Crippen molar-refractivity contribution in [3.63, 3.8) is 0 Å². The molecule has 2 atom stereocenters. The van der Waals surface area contributed by atoms with Gasteiger partial charge in [-0.05, 0) is 39.0 Å². The number of rotatable bonds is 6. The molecule has 134 valence electrons. The van der Waals surface area contributed by atoms with Gasteiger partial charge in [-0.15, -0.1) is 0 Å². The molecule has 0 aliphatic rings. The predicted octanol–water partition coefficient (Wildman–Crippen LogP) is 3.25. The van der Waals surface area contributed by atoms with Gasteiger partial charge in [0.05, 0.1) is 11.4 Å². The number of ether oxygens (including phenoxy) is 1. The minimum atomic E-state index is -1.61. The van der Waals surface area contributed by atoms with E-state index < -0.39 is 35.5 Å². The molecule has 0 saturated carbocycles. The summed E-state index contributed by atoms with van der Waals surface area (Å²) in [7, 11) is 0. The molecule has 8 heteroatoms. The molecule has 1 aromatic rings. The number of alkyl halides is 1. The van der Waals surface area contributed by atoms with Gasteiger partial charge in [0.25, 0.3) is 0 Å². The number of halogens is 3. The molecule has 0 saturated heterocycles. The lowest BCUT2D eigenvalue weighted by molar-refractivity contribution is -0.117. The van der Waals surface area contributed by atoms with E-state index in [0.29, 0.717) is 0 Å². The number of alkyl carbamates (subject to hydrolysis) is 1. The molecule has 0 bridgehead atoms. The second-order valence-electron chi connectivity index (χ2n) is 6.24. The van der Waals surface area contributed by atoms with E-state index in [2.05, 4.69) is 21.2 Å². The van der Waals surface area contributed by atoms with Crippen LogP contribution in [0, 0.1) is 11.6 Å².